The summed E-state index contributed by atoms with van der Waals surface area (Å²) in [4.78, 5) is 39.3. The lowest BCUT2D eigenvalue weighted by Crippen LogP contribution is -2.18. The van der Waals surface area contributed by atoms with Crippen LogP contribution in [-0.2, 0) is 20.7 Å². The average molecular weight is 268 g/mol. The van der Waals surface area contributed by atoms with E-state index in [-0.39, 0.29) is 24.4 Å². The molecular formula is C12H16N2O5. The van der Waals surface area contributed by atoms with Crippen LogP contribution in [0.4, 0.5) is 0 Å². The third-order valence-corrected chi connectivity index (χ3v) is 2.34. The molecule has 1 heterocycles. The van der Waals surface area contributed by atoms with Gasteiger partial charge in [0.05, 0.1) is 12.8 Å². The maximum atomic E-state index is 11.3. The van der Waals surface area contributed by atoms with Crippen molar-refractivity contribution in [2.75, 3.05) is 0 Å². The van der Waals surface area contributed by atoms with Gasteiger partial charge in [0, 0.05) is 25.2 Å². The summed E-state index contributed by atoms with van der Waals surface area (Å²) in [6, 6.07) is 0. The highest BCUT2D eigenvalue weighted by atomic mass is 16.5. The van der Waals surface area contributed by atoms with E-state index < -0.39 is 18.0 Å². The number of aromatic nitrogens is 2. The fourth-order valence-corrected chi connectivity index (χ4v) is 1.49. The van der Waals surface area contributed by atoms with Crippen LogP contribution in [0.15, 0.2) is 6.20 Å². The van der Waals surface area contributed by atoms with Gasteiger partial charge in [0.15, 0.2) is 11.6 Å². The number of ketones is 1. The first kappa shape index (κ1) is 14.9. The number of esters is 1. The number of nitrogens with one attached hydrogen (secondary N) is 1. The molecule has 2 N–H and O–H groups in total. The smallest absolute Gasteiger partial charge is 0.306 e. The van der Waals surface area contributed by atoms with Crippen LogP contribution >= 0.6 is 0 Å². The number of ether oxygens (including phenoxy) is 1. The molecule has 0 spiro atoms. The summed E-state index contributed by atoms with van der Waals surface area (Å²) < 4.78 is 5.04. The molecule has 0 aliphatic heterocycles. The second-order valence-corrected chi connectivity index (χ2v) is 4.21. The SMILES string of the molecule is CC(=O)c1ncc(CC(C)OC(=O)CCC(=O)O)[nH]1. The van der Waals surface area contributed by atoms with Gasteiger partial charge in [0.1, 0.15) is 6.10 Å². The molecule has 0 saturated heterocycles. The topological polar surface area (TPSA) is 109 Å². The standard InChI is InChI=1S/C12H16N2O5/c1-7(19-11(18)4-3-10(16)17)5-9-6-13-12(14-9)8(2)15/h6-7H,3-5H2,1-2H3,(H,13,14)(H,16,17). The second-order valence-electron chi connectivity index (χ2n) is 4.21. The molecule has 1 unspecified atom stereocenters. The molecule has 1 aromatic rings. The average Bonchev–Trinajstić information content (AvgIpc) is 2.74. The first-order valence-electron chi connectivity index (χ1n) is 5.84. The van der Waals surface area contributed by atoms with Gasteiger partial charge in [-0.05, 0) is 6.92 Å². The molecule has 7 nitrogen and oxygen atoms in total. The molecule has 0 aliphatic carbocycles. The highest BCUT2D eigenvalue weighted by Crippen LogP contribution is 2.06. The van der Waals surface area contributed by atoms with Crippen molar-refractivity contribution in [1.82, 2.24) is 9.97 Å². The van der Waals surface area contributed by atoms with Crippen LogP contribution in [0.2, 0.25) is 0 Å². The largest absolute Gasteiger partial charge is 0.481 e. The van der Waals surface area contributed by atoms with E-state index in [0.29, 0.717) is 12.1 Å². The summed E-state index contributed by atoms with van der Waals surface area (Å²) in [5.41, 5.74) is 0.684. The quantitative estimate of drug-likeness (QED) is 0.563. The molecule has 0 aromatic carbocycles. The molecule has 0 bridgehead atoms. The van der Waals surface area contributed by atoms with E-state index in [1.807, 2.05) is 0 Å². The zero-order chi connectivity index (χ0) is 14.4. The third kappa shape index (κ3) is 5.33. The van der Waals surface area contributed by atoms with Gasteiger partial charge in [0.2, 0.25) is 0 Å². The predicted molar refractivity (Wildman–Crippen MR) is 64.7 cm³/mol. The van der Waals surface area contributed by atoms with Crippen molar-refractivity contribution < 1.29 is 24.2 Å². The number of aliphatic carboxylic acids is 1. The molecule has 19 heavy (non-hydrogen) atoms. The first-order valence-corrected chi connectivity index (χ1v) is 5.84. The van der Waals surface area contributed by atoms with Crippen molar-refractivity contribution in [3.63, 3.8) is 0 Å². The fraction of sp³-hybridized carbons (Fsp3) is 0.500. The highest BCUT2D eigenvalue weighted by molar-refractivity contribution is 5.90. The van der Waals surface area contributed by atoms with Crippen LogP contribution in [0.25, 0.3) is 0 Å². The summed E-state index contributed by atoms with van der Waals surface area (Å²) in [6.45, 7) is 3.09. The zero-order valence-corrected chi connectivity index (χ0v) is 10.8. The summed E-state index contributed by atoms with van der Waals surface area (Å²) >= 11 is 0. The number of aromatic amines is 1. The van der Waals surface area contributed by atoms with Crippen LogP contribution in [0.5, 0.6) is 0 Å². The van der Waals surface area contributed by atoms with E-state index in [4.69, 9.17) is 9.84 Å². The number of carbonyl (C=O) groups excluding carboxylic acids is 2. The third-order valence-electron chi connectivity index (χ3n) is 2.34. The molecule has 1 aromatic heterocycles. The Labute approximate surface area is 110 Å². The maximum Gasteiger partial charge on any atom is 0.306 e. The zero-order valence-electron chi connectivity index (χ0n) is 10.8. The summed E-state index contributed by atoms with van der Waals surface area (Å²) in [7, 11) is 0. The molecule has 1 rings (SSSR count). The van der Waals surface area contributed by atoms with Crippen LogP contribution in [-0.4, -0.2) is 38.9 Å². The van der Waals surface area contributed by atoms with E-state index in [1.165, 1.54) is 13.1 Å². The van der Waals surface area contributed by atoms with Crippen molar-refractivity contribution in [3.05, 3.63) is 17.7 Å². The Balaban J connectivity index is 2.41. The van der Waals surface area contributed by atoms with Crippen LogP contribution in [0.3, 0.4) is 0 Å². The number of H-pyrrole nitrogens is 1. The van der Waals surface area contributed by atoms with E-state index in [9.17, 15) is 14.4 Å². The number of hydrogen-bond acceptors (Lipinski definition) is 5. The van der Waals surface area contributed by atoms with Crippen LogP contribution in [0, 0.1) is 0 Å². The van der Waals surface area contributed by atoms with Gasteiger partial charge in [-0.3, -0.25) is 14.4 Å². The number of imidazole rings is 1. The van der Waals surface area contributed by atoms with E-state index in [0.717, 1.165) is 0 Å². The maximum absolute atomic E-state index is 11.3. The van der Waals surface area contributed by atoms with Gasteiger partial charge >= 0.3 is 11.9 Å². The number of rotatable bonds is 7. The van der Waals surface area contributed by atoms with Gasteiger partial charge in [-0.1, -0.05) is 0 Å². The Bertz CT molecular complexity index is 480. The number of carbonyl (C=O) groups is 3. The monoisotopic (exact) mass is 268 g/mol. The lowest BCUT2D eigenvalue weighted by atomic mass is 10.2. The molecule has 0 amide bonds. The Morgan fingerprint density at radius 2 is 2.11 bits per heavy atom. The lowest BCUT2D eigenvalue weighted by molar-refractivity contribution is -0.151. The van der Waals surface area contributed by atoms with Crippen LogP contribution < -0.4 is 0 Å². The molecule has 7 heteroatoms. The number of nitrogens with zero attached hydrogens (tertiary/aromatic N) is 1. The van der Waals surface area contributed by atoms with Crippen molar-refractivity contribution in [3.8, 4) is 0 Å². The first-order chi connectivity index (χ1) is 8.88. The van der Waals surface area contributed by atoms with Gasteiger partial charge in [-0.25, -0.2) is 4.98 Å². The minimum absolute atomic E-state index is 0.151. The van der Waals surface area contributed by atoms with Gasteiger partial charge in [-0.2, -0.15) is 0 Å². The highest BCUT2D eigenvalue weighted by Gasteiger charge is 2.13. The Morgan fingerprint density at radius 3 is 2.63 bits per heavy atom. The van der Waals surface area contributed by atoms with Crippen LogP contribution in [0.1, 0.15) is 43.0 Å². The molecule has 0 fully saturated rings. The van der Waals surface area contributed by atoms with Gasteiger partial charge < -0.3 is 14.8 Å². The normalized spacial score (nSPS) is 11.9. The van der Waals surface area contributed by atoms with Gasteiger partial charge in [-0.15, -0.1) is 0 Å². The summed E-state index contributed by atoms with van der Waals surface area (Å²) in [6.07, 6.45) is 1.09. The molecule has 104 valence electrons. The van der Waals surface area contributed by atoms with E-state index in [1.54, 1.807) is 6.92 Å². The van der Waals surface area contributed by atoms with Gasteiger partial charge in [0.25, 0.3) is 0 Å². The lowest BCUT2D eigenvalue weighted by Gasteiger charge is -2.11. The molecule has 1 atom stereocenters. The molecule has 0 radical (unpaired) electrons. The van der Waals surface area contributed by atoms with Crippen molar-refractivity contribution in [1.29, 1.82) is 0 Å². The van der Waals surface area contributed by atoms with Crippen molar-refractivity contribution in [2.24, 2.45) is 0 Å². The molecule has 0 saturated carbocycles. The summed E-state index contributed by atoms with van der Waals surface area (Å²) in [5.74, 6) is -1.50. The molecular weight excluding hydrogens is 252 g/mol. The fourth-order valence-electron chi connectivity index (χ4n) is 1.49. The van der Waals surface area contributed by atoms with Crippen molar-refractivity contribution >= 4 is 17.7 Å². The summed E-state index contributed by atoms with van der Waals surface area (Å²) in [5, 5.41) is 8.43. The Kier molecular flexibility index (Phi) is 5.23. The minimum atomic E-state index is -1.04. The number of carboxylic acids is 1. The van der Waals surface area contributed by atoms with Crippen molar-refractivity contribution in [2.45, 2.75) is 39.2 Å². The minimum Gasteiger partial charge on any atom is -0.481 e. The second kappa shape index (κ2) is 6.67. The number of carboxylic acid groups (broad SMARTS) is 1. The number of hydrogen-bond donors (Lipinski definition) is 2. The predicted octanol–water partition coefficient (Wildman–Crippen LogP) is 0.951. The Morgan fingerprint density at radius 1 is 1.42 bits per heavy atom. The van der Waals surface area contributed by atoms with E-state index in [2.05, 4.69) is 9.97 Å². The number of Topliss-reactive ketones (excluding diaryl/α,β-unsaturated/α-hetero) is 1. The Hall–Kier alpha value is -2.18. The molecule has 0 aliphatic rings. The van der Waals surface area contributed by atoms with E-state index >= 15 is 0 Å².